The molecular weight excluding hydrogens is 340 g/mol. The molecule has 2 nitrogen and oxygen atoms in total. The summed E-state index contributed by atoms with van der Waals surface area (Å²) in [7, 11) is 2.24. The highest BCUT2D eigenvalue weighted by Gasteiger charge is 2.31. The van der Waals surface area contributed by atoms with Gasteiger partial charge in [-0.1, -0.05) is 35.9 Å². The van der Waals surface area contributed by atoms with Gasteiger partial charge in [0.1, 0.15) is 0 Å². The van der Waals surface area contributed by atoms with Crippen molar-refractivity contribution in [2.24, 2.45) is 0 Å². The lowest BCUT2D eigenvalue weighted by molar-refractivity contribution is 0.177. The molecule has 4 rings (SSSR count). The van der Waals surface area contributed by atoms with Crippen molar-refractivity contribution in [2.75, 3.05) is 7.05 Å². The van der Waals surface area contributed by atoms with Crippen LogP contribution in [0.1, 0.15) is 42.3 Å². The highest BCUT2D eigenvalue weighted by molar-refractivity contribution is 6.31. The zero-order valence-electron chi connectivity index (χ0n) is 16.1. The van der Waals surface area contributed by atoms with E-state index in [-0.39, 0.29) is 0 Å². The molecule has 1 aromatic heterocycles. The normalized spacial score (nSPS) is 20.5. The summed E-state index contributed by atoms with van der Waals surface area (Å²) in [5.41, 5.74) is 7.09. The highest BCUT2D eigenvalue weighted by atomic mass is 35.5. The summed E-state index contributed by atoms with van der Waals surface area (Å²) in [4.78, 5) is 2.48. The monoisotopic (exact) mass is 366 g/mol. The molecule has 26 heavy (non-hydrogen) atoms. The van der Waals surface area contributed by atoms with E-state index < -0.39 is 0 Å². The van der Waals surface area contributed by atoms with Crippen LogP contribution in [0.2, 0.25) is 5.02 Å². The van der Waals surface area contributed by atoms with E-state index in [1.54, 1.807) is 0 Å². The maximum Gasteiger partial charge on any atom is 0.0487 e. The van der Waals surface area contributed by atoms with E-state index in [1.165, 1.54) is 33.3 Å². The number of rotatable bonds is 3. The average Bonchev–Trinajstić information content (AvgIpc) is 2.91. The zero-order valence-corrected chi connectivity index (χ0v) is 16.8. The van der Waals surface area contributed by atoms with Gasteiger partial charge in [0.15, 0.2) is 0 Å². The Labute approximate surface area is 161 Å². The van der Waals surface area contributed by atoms with Crippen LogP contribution in [-0.2, 0) is 19.4 Å². The summed E-state index contributed by atoms with van der Waals surface area (Å²) in [5.74, 6) is 0. The molecule has 2 unspecified atom stereocenters. The predicted octanol–water partition coefficient (Wildman–Crippen LogP) is 5.78. The minimum absolute atomic E-state index is 0.412. The number of hydrogen-bond acceptors (Lipinski definition) is 1. The van der Waals surface area contributed by atoms with E-state index in [9.17, 15) is 0 Å². The van der Waals surface area contributed by atoms with Gasteiger partial charge >= 0.3 is 0 Å². The van der Waals surface area contributed by atoms with Crippen LogP contribution >= 0.6 is 11.6 Å². The van der Waals surface area contributed by atoms with Crippen LogP contribution in [0.4, 0.5) is 0 Å². The Morgan fingerprint density at radius 1 is 1.12 bits per heavy atom. The summed E-state index contributed by atoms with van der Waals surface area (Å²) in [6.07, 6.45) is 2.15. The van der Waals surface area contributed by atoms with Gasteiger partial charge in [-0.15, -0.1) is 0 Å². The highest BCUT2D eigenvalue weighted by Crippen LogP contribution is 2.40. The van der Waals surface area contributed by atoms with Crippen molar-refractivity contribution in [2.45, 2.75) is 52.2 Å². The van der Waals surface area contributed by atoms with Crippen molar-refractivity contribution in [1.82, 2.24) is 9.47 Å². The second-order valence-corrected chi connectivity index (χ2v) is 8.18. The number of fused-ring (bicyclic) bond motifs is 3. The number of nitrogens with zero attached hydrogens (tertiary/aromatic N) is 2. The summed E-state index contributed by atoms with van der Waals surface area (Å²) in [5, 5.41) is 2.15. The molecule has 3 heteroatoms. The number of aromatic nitrogens is 1. The number of aryl methyl sites for hydroxylation is 3. The fourth-order valence-electron chi connectivity index (χ4n) is 4.48. The molecule has 2 atom stereocenters. The number of benzene rings is 2. The SMILES string of the molecule is Cc1ccccc1CCn1c2c(c3cc(Cl)ccc31)C(C)N(C)C(C)C2. The van der Waals surface area contributed by atoms with E-state index in [0.717, 1.165) is 24.4 Å². The Hall–Kier alpha value is -1.77. The molecule has 2 aromatic carbocycles. The molecule has 0 amide bonds. The van der Waals surface area contributed by atoms with E-state index in [2.05, 4.69) is 73.7 Å². The largest absolute Gasteiger partial charge is 0.344 e. The number of halogens is 1. The van der Waals surface area contributed by atoms with Crippen LogP contribution in [0.15, 0.2) is 42.5 Å². The van der Waals surface area contributed by atoms with Crippen LogP contribution in [0.3, 0.4) is 0 Å². The second-order valence-electron chi connectivity index (χ2n) is 7.74. The summed E-state index contributed by atoms with van der Waals surface area (Å²) < 4.78 is 2.55. The Morgan fingerprint density at radius 3 is 2.65 bits per heavy atom. The average molecular weight is 367 g/mol. The molecule has 0 saturated heterocycles. The van der Waals surface area contributed by atoms with Crippen molar-refractivity contribution in [3.63, 3.8) is 0 Å². The molecule has 1 aliphatic rings. The zero-order chi connectivity index (χ0) is 18.4. The lowest BCUT2D eigenvalue weighted by atomic mass is 9.93. The first-order chi connectivity index (χ1) is 12.5. The Kier molecular flexibility index (Phi) is 4.58. The van der Waals surface area contributed by atoms with Gasteiger partial charge in [-0.25, -0.2) is 0 Å². The van der Waals surface area contributed by atoms with Gasteiger partial charge in [0, 0.05) is 46.7 Å². The third-order valence-corrected chi connectivity index (χ3v) is 6.49. The smallest absolute Gasteiger partial charge is 0.0487 e. The second kappa shape index (κ2) is 6.75. The lowest BCUT2D eigenvalue weighted by Gasteiger charge is -2.37. The van der Waals surface area contributed by atoms with Gasteiger partial charge < -0.3 is 4.57 Å². The maximum absolute atomic E-state index is 6.35. The molecule has 136 valence electrons. The first-order valence-corrected chi connectivity index (χ1v) is 9.92. The lowest BCUT2D eigenvalue weighted by Crippen LogP contribution is -2.38. The van der Waals surface area contributed by atoms with Gasteiger partial charge in [0.25, 0.3) is 0 Å². The van der Waals surface area contributed by atoms with E-state index in [1.807, 2.05) is 6.07 Å². The van der Waals surface area contributed by atoms with Crippen LogP contribution in [0.25, 0.3) is 10.9 Å². The molecule has 0 aliphatic carbocycles. The molecule has 0 radical (unpaired) electrons. The van der Waals surface area contributed by atoms with E-state index in [0.29, 0.717) is 12.1 Å². The van der Waals surface area contributed by atoms with Gasteiger partial charge in [-0.05, 0) is 69.1 Å². The quantitative estimate of drug-likeness (QED) is 0.570. The molecule has 0 fully saturated rings. The van der Waals surface area contributed by atoms with Crippen molar-refractivity contribution in [3.05, 3.63) is 69.9 Å². The van der Waals surface area contributed by atoms with Gasteiger partial charge in [-0.2, -0.15) is 0 Å². The molecule has 0 N–H and O–H groups in total. The van der Waals surface area contributed by atoms with Gasteiger partial charge in [0.2, 0.25) is 0 Å². The van der Waals surface area contributed by atoms with Crippen molar-refractivity contribution < 1.29 is 0 Å². The standard InChI is InChI=1S/C23H27ClN2/c1-15-7-5-6-8-18(15)11-12-26-21-10-9-19(24)14-20(21)23-17(3)25(4)16(2)13-22(23)26/h5-10,14,16-17H,11-13H2,1-4H3. The van der Waals surface area contributed by atoms with E-state index in [4.69, 9.17) is 11.6 Å². The van der Waals surface area contributed by atoms with Crippen LogP contribution in [0.5, 0.6) is 0 Å². The maximum atomic E-state index is 6.35. The molecule has 3 aromatic rings. The molecular formula is C23H27ClN2. The minimum Gasteiger partial charge on any atom is -0.344 e. The number of likely N-dealkylation sites (N-methyl/N-ethyl adjacent to an activating group) is 1. The Balaban J connectivity index is 1.82. The fraction of sp³-hybridized carbons (Fsp3) is 0.391. The third-order valence-electron chi connectivity index (χ3n) is 6.25. The van der Waals surface area contributed by atoms with Crippen molar-refractivity contribution in [3.8, 4) is 0 Å². The van der Waals surface area contributed by atoms with Gasteiger partial charge in [-0.3, -0.25) is 4.90 Å². The first kappa shape index (κ1) is 17.6. The van der Waals surface area contributed by atoms with Crippen LogP contribution < -0.4 is 0 Å². The fourth-order valence-corrected chi connectivity index (χ4v) is 4.65. The minimum atomic E-state index is 0.412. The van der Waals surface area contributed by atoms with E-state index >= 15 is 0 Å². The van der Waals surface area contributed by atoms with Crippen molar-refractivity contribution in [1.29, 1.82) is 0 Å². The molecule has 0 spiro atoms. The predicted molar refractivity (Wildman–Crippen MR) is 111 cm³/mol. The van der Waals surface area contributed by atoms with Crippen LogP contribution in [-0.4, -0.2) is 22.6 Å². The molecule has 0 saturated carbocycles. The topological polar surface area (TPSA) is 8.17 Å². The summed E-state index contributed by atoms with van der Waals surface area (Å²) >= 11 is 6.35. The third kappa shape index (κ3) is 2.86. The Bertz CT molecular complexity index is 956. The summed E-state index contributed by atoms with van der Waals surface area (Å²) in [6.45, 7) is 7.87. The number of hydrogen-bond donors (Lipinski definition) is 0. The molecule has 2 heterocycles. The molecule has 1 aliphatic heterocycles. The van der Waals surface area contributed by atoms with Crippen LogP contribution in [0, 0.1) is 6.92 Å². The first-order valence-electron chi connectivity index (χ1n) is 9.54. The van der Waals surface area contributed by atoms with Crippen molar-refractivity contribution >= 4 is 22.5 Å². The molecule has 0 bridgehead atoms. The summed E-state index contributed by atoms with van der Waals surface area (Å²) in [6, 6.07) is 16.1. The van der Waals surface area contributed by atoms with Gasteiger partial charge in [0.05, 0.1) is 0 Å². The Morgan fingerprint density at radius 2 is 1.88 bits per heavy atom.